The standard InChI is InChI=1S/C14H17N3O2S/c1-9-10(6-5-7-15-9)11-8-20-12(16-11)17-13(18)19-14(2,3)4/h5-8H,1-4H3,(H,16,17,18). The van der Waals surface area contributed by atoms with Crippen molar-refractivity contribution in [2.75, 3.05) is 5.32 Å². The number of hydrogen-bond acceptors (Lipinski definition) is 5. The van der Waals surface area contributed by atoms with Gasteiger partial charge in [-0.05, 0) is 39.8 Å². The molecule has 0 bridgehead atoms. The van der Waals surface area contributed by atoms with Crippen LogP contribution < -0.4 is 5.32 Å². The molecule has 2 aromatic heterocycles. The average molecular weight is 291 g/mol. The zero-order valence-corrected chi connectivity index (χ0v) is 12.7. The monoisotopic (exact) mass is 291 g/mol. The number of nitrogens with one attached hydrogen (secondary N) is 1. The Hall–Kier alpha value is -1.95. The first kappa shape index (κ1) is 14.5. The molecule has 0 aromatic carbocycles. The van der Waals surface area contributed by atoms with Gasteiger partial charge in [0.2, 0.25) is 0 Å². The van der Waals surface area contributed by atoms with Gasteiger partial charge in [0.05, 0.1) is 5.69 Å². The first-order valence-electron chi connectivity index (χ1n) is 6.23. The lowest BCUT2D eigenvalue weighted by Gasteiger charge is -2.18. The van der Waals surface area contributed by atoms with E-state index >= 15 is 0 Å². The number of ether oxygens (including phenoxy) is 1. The largest absolute Gasteiger partial charge is 0.444 e. The number of thiazole rings is 1. The lowest BCUT2D eigenvalue weighted by atomic mass is 10.1. The normalized spacial score (nSPS) is 11.2. The van der Waals surface area contributed by atoms with Crippen molar-refractivity contribution < 1.29 is 9.53 Å². The van der Waals surface area contributed by atoms with E-state index in [0.717, 1.165) is 17.0 Å². The van der Waals surface area contributed by atoms with Crippen molar-refractivity contribution in [1.82, 2.24) is 9.97 Å². The summed E-state index contributed by atoms with van der Waals surface area (Å²) < 4.78 is 5.18. The molecule has 0 saturated heterocycles. The molecule has 0 aliphatic heterocycles. The van der Waals surface area contributed by atoms with Crippen molar-refractivity contribution in [2.45, 2.75) is 33.3 Å². The fraction of sp³-hybridized carbons (Fsp3) is 0.357. The molecule has 0 radical (unpaired) electrons. The average Bonchev–Trinajstić information content (AvgIpc) is 2.75. The van der Waals surface area contributed by atoms with E-state index in [0.29, 0.717) is 5.13 Å². The Morgan fingerprint density at radius 3 is 2.80 bits per heavy atom. The van der Waals surface area contributed by atoms with Gasteiger partial charge in [0.15, 0.2) is 5.13 Å². The maximum absolute atomic E-state index is 11.7. The molecule has 1 N–H and O–H groups in total. The summed E-state index contributed by atoms with van der Waals surface area (Å²) in [5.41, 5.74) is 2.14. The third-order valence-electron chi connectivity index (χ3n) is 2.39. The number of aryl methyl sites for hydroxylation is 1. The number of anilines is 1. The molecule has 0 unspecified atom stereocenters. The molecule has 20 heavy (non-hydrogen) atoms. The highest BCUT2D eigenvalue weighted by Crippen LogP contribution is 2.26. The van der Waals surface area contributed by atoms with E-state index in [9.17, 15) is 4.79 Å². The highest BCUT2D eigenvalue weighted by molar-refractivity contribution is 7.14. The van der Waals surface area contributed by atoms with Crippen LogP contribution in [-0.2, 0) is 4.74 Å². The van der Waals surface area contributed by atoms with Crippen molar-refractivity contribution in [3.05, 3.63) is 29.4 Å². The second kappa shape index (κ2) is 5.58. The number of pyridine rings is 1. The summed E-state index contributed by atoms with van der Waals surface area (Å²) in [5.74, 6) is 0. The van der Waals surface area contributed by atoms with Gasteiger partial charge < -0.3 is 4.74 Å². The lowest BCUT2D eigenvalue weighted by Crippen LogP contribution is -2.27. The van der Waals surface area contributed by atoms with Gasteiger partial charge in [0, 0.05) is 22.8 Å². The molecule has 106 valence electrons. The van der Waals surface area contributed by atoms with E-state index in [1.165, 1.54) is 11.3 Å². The number of hydrogen-bond donors (Lipinski definition) is 1. The third-order valence-corrected chi connectivity index (χ3v) is 3.15. The van der Waals surface area contributed by atoms with Crippen LogP contribution in [0, 0.1) is 6.92 Å². The van der Waals surface area contributed by atoms with Crippen LogP contribution in [0.2, 0.25) is 0 Å². The van der Waals surface area contributed by atoms with Crippen LogP contribution in [0.1, 0.15) is 26.5 Å². The van der Waals surface area contributed by atoms with Crippen molar-refractivity contribution in [1.29, 1.82) is 0 Å². The summed E-state index contributed by atoms with van der Waals surface area (Å²) in [4.78, 5) is 20.3. The van der Waals surface area contributed by atoms with Gasteiger partial charge in [-0.3, -0.25) is 10.3 Å². The maximum Gasteiger partial charge on any atom is 0.413 e. The molecule has 0 aliphatic rings. The molecular formula is C14H17N3O2S. The van der Waals surface area contributed by atoms with E-state index in [1.807, 2.05) is 45.2 Å². The van der Waals surface area contributed by atoms with Crippen LogP contribution in [0.15, 0.2) is 23.7 Å². The summed E-state index contributed by atoms with van der Waals surface area (Å²) in [6.07, 6.45) is 1.24. The summed E-state index contributed by atoms with van der Waals surface area (Å²) in [6.45, 7) is 7.38. The minimum atomic E-state index is -0.524. The number of rotatable bonds is 2. The molecule has 6 heteroatoms. The van der Waals surface area contributed by atoms with E-state index in [-0.39, 0.29) is 0 Å². The number of aromatic nitrogens is 2. The van der Waals surface area contributed by atoms with Crippen molar-refractivity contribution in [3.8, 4) is 11.3 Å². The highest BCUT2D eigenvalue weighted by atomic mass is 32.1. The Labute approximate surface area is 122 Å². The van der Waals surface area contributed by atoms with Gasteiger partial charge in [-0.2, -0.15) is 0 Å². The molecule has 0 spiro atoms. The lowest BCUT2D eigenvalue weighted by molar-refractivity contribution is 0.0636. The summed E-state index contributed by atoms with van der Waals surface area (Å²) in [7, 11) is 0. The Morgan fingerprint density at radius 1 is 1.40 bits per heavy atom. The van der Waals surface area contributed by atoms with Crippen molar-refractivity contribution in [2.24, 2.45) is 0 Å². The van der Waals surface area contributed by atoms with Crippen molar-refractivity contribution >= 4 is 22.6 Å². The quantitative estimate of drug-likeness (QED) is 0.912. The molecular weight excluding hydrogens is 274 g/mol. The minimum Gasteiger partial charge on any atom is -0.444 e. The van der Waals surface area contributed by atoms with Crippen LogP contribution in [0.25, 0.3) is 11.3 Å². The first-order valence-corrected chi connectivity index (χ1v) is 7.10. The summed E-state index contributed by atoms with van der Waals surface area (Å²) in [6, 6.07) is 3.82. The second-order valence-corrected chi connectivity index (χ2v) is 6.16. The van der Waals surface area contributed by atoms with Gasteiger partial charge in [-0.15, -0.1) is 11.3 Å². The molecule has 0 atom stereocenters. The fourth-order valence-electron chi connectivity index (χ4n) is 1.60. The first-order chi connectivity index (χ1) is 9.35. The van der Waals surface area contributed by atoms with Crippen LogP contribution in [-0.4, -0.2) is 21.7 Å². The van der Waals surface area contributed by atoms with Gasteiger partial charge in [-0.25, -0.2) is 9.78 Å². The van der Waals surface area contributed by atoms with E-state index in [4.69, 9.17) is 4.74 Å². The molecule has 0 aliphatic carbocycles. The molecule has 0 fully saturated rings. The molecule has 2 heterocycles. The minimum absolute atomic E-state index is 0.499. The van der Waals surface area contributed by atoms with E-state index in [2.05, 4.69) is 15.3 Å². The van der Waals surface area contributed by atoms with Gasteiger partial charge >= 0.3 is 6.09 Å². The van der Waals surface area contributed by atoms with Crippen LogP contribution in [0.5, 0.6) is 0 Å². The van der Waals surface area contributed by atoms with Gasteiger partial charge in [0.25, 0.3) is 0 Å². The molecule has 5 nitrogen and oxygen atoms in total. The van der Waals surface area contributed by atoms with Gasteiger partial charge in [0.1, 0.15) is 5.60 Å². The number of carbonyl (C=O) groups is 1. The Balaban J connectivity index is 2.10. The van der Waals surface area contributed by atoms with Crippen LogP contribution in [0.3, 0.4) is 0 Å². The Bertz CT molecular complexity index is 617. The van der Waals surface area contributed by atoms with E-state index < -0.39 is 11.7 Å². The predicted molar refractivity (Wildman–Crippen MR) is 79.9 cm³/mol. The second-order valence-electron chi connectivity index (χ2n) is 5.30. The fourth-order valence-corrected chi connectivity index (χ4v) is 2.30. The number of carbonyl (C=O) groups excluding carboxylic acids is 1. The predicted octanol–water partition coefficient (Wildman–Crippen LogP) is 3.86. The SMILES string of the molecule is Cc1ncccc1-c1csc(NC(=O)OC(C)(C)C)n1. The summed E-state index contributed by atoms with van der Waals surface area (Å²) >= 11 is 1.36. The topological polar surface area (TPSA) is 64.1 Å². The summed E-state index contributed by atoms with van der Waals surface area (Å²) in [5, 5.41) is 5.03. The van der Waals surface area contributed by atoms with Crippen molar-refractivity contribution in [3.63, 3.8) is 0 Å². The number of nitrogens with zero attached hydrogens (tertiary/aromatic N) is 2. The maximum atomic E-state index is 11.7. The molecule has 1 amide bonds. The van der Waals surface area contributed by atoms with E-state index in [1.54, 1.807) is 6.20 Å². The number of amides is 1. The Kier molecular flexibility index (Phi) is 4.04. The Morgan fingerprint density at radius 2 is 2.15 bits per heavy atom. The zero-order chi connectivity index (χ0) is 14.8. The molecule has 2 rings (SSSR count). The van der Waals surface area contributed by atoms with Crippen LogP contribution in [0.4, 0.5) is 9.93 Å². The highest BCUT2D eigenvalue weighted by Gasteiger charge is 2.17. The van der Waals surface area contributed by atoms with Crippen LogP contribution >= 0.6 is 11.3 Å². The zero-order valence-electron chi connectivity index (χ0n) is 11.9. The van der Waals surface area contributed by atoms with Gasteiger partial charge in [-0.1, -0.05) is 0 Å². The molecule has 0 saturated carbocycles. The smallest absolute Gasteiger partial charge is 0.413 e. The third kappa shape index (κ3) is 3.77. The molecule has 2 aromatic rings.